The lowest BCUT2D eigenvalue weighted by atomic mass is 10.2. The zero-order chi connectivity index (χ0) is 12.2. The fourth-order valence-corrected chi connectivity index (χ4v) is 1.50. The van der Waals surface area contributed by atoms with Crippen LogP contribution in [0.1, 0.15) is 5.56 Å². The van der Waals surface area contributed by atoms with Gasteiger partial charge in [-0.25, -0.2) is 8.42 Å². The summed E-state index contributed by atoms with van der Waals surface area (Å²) in [6, 6.07) is 6.78. The van der Waals surface area contributed by atoms with E-state index in [9.17, 15) is 8.42 Å². The Hall–Kier alpha value is -1.56. The van der Waals surface area contributed by atoms with Crippen molar-refractivity contribution in [3.8, 4) is 5.75 Å². The summed E-state index contributed by atoms with van der Waals surface area (Å²) in [5.41, 5.74) is 5.83. The molecule has 1 rings (SSSR count). The van der Waals surface area contributed by atoms with Gasteiger partial charge in [-0.05, 0) is 12.1 Å². The maximum absolute atomic E-state index is 10.9. The number of nitrogen functional groups attached to an aromatic ring is 1. The van der Waals surface area contributed by atoms with Crippen LogP contribution in [0.2, 0.25) is 0 Å². The average Bonchev–Trinajstić information content (AvgIpc) is 2.16. The first-order valence-electron chi connectivity index (χ1n) is 4.64. The molecule has 0 aliphatic rings. The zero-order valence-corrected chi connectivity index (χ0v) is 9.75. The van der Waals surface area contributed by atoms with Gasteiger partial charge in [0, 0.05) is 6.26 Å². The quantitative estimate of drug-likeness (QED) is 0.577. The highest BCUT2D eigenvalue weighted by Crippen LogP contribution is 2.16. The van der Waals surface area contributed by atoms with Crippen LogP contribution in [-0.4, -0.2) is 32.9 Å². The fraction of sp³-hybridized carbons (Fsp3) is 0.300. The van der Waals surface area contributed by atoms with Crippen LogP contribution in [0.3, 0.4) is 0 Å². The van der Waals surface area contributed by atoms with Crippen molar-refractivity contribution in [2.75, 3.05) is 18.6 Å². The smallest absolute Gasteiger partial charge is 0.150 e. The molecule has 0 bridgehead atoms. The molecule has 0 aliphatic heterocycles. The highest BCUT2D eigenvalue weighted by molar-refractivity contribution is 7.90. The number of ether oxygens (including phenoxy) is 1. The summed E-state index contributed by atoms with van der Waals surface area (Å²) >= 11 is 0. The van der Waals surface area contributed by atoms with E-state index in [2.05, 4.69) is 0 Å². The van der Waals surface area contributed by atoms with Crippen molar-refractivity contribution in [2.24, 2.45) is 5.73 Å². The van der Waals surface area contributed by atoms with Gasteiger partial charge in [0.2, 0.25) is 0 Å². The third kappa shape index (κ3) is 3.90. The second-order valence-corrected chi connectivity index (χ2v) is 5.65. The Morgan fingerprint density at radius 3 is 2.62 bits per heavy atom. The Bertz CT molecular complexity index is 483. The van der Waals surface area contributed by atoms with Crippen LogP contribution in [0.25, 0.3) is 0 Å². The first-order chi connectivity index (χ1) is 7.40. The summed E-state index contributed by atoms with van der Waals surface area (Å²) in [7, 11) is -3.04. The van der Waals surface area contributed by atoms with E-state index in [1.807, 2.05) is 0 Å². The van der Waals surface area contributed by atoms with Gasteiger partial charge in [0.05, 0.1) is 11.3 Å². The van der Waals surface area contributed by atoms with E-state index < -0.39 is 9.84 Å². The molecule has 0 fully saturated rings. The number of sulfone groups is 1. The molecule has 0 atom stereocenters. The molecule has 16 heavy (non-hydrogen) atoms. The van der Waals surface area contributed by atoms with E-state index in [0.29, 0.717) is 11.3 Å². The third-order valence-corrected chi connectivity index (χ3v) is 2.80. The predicted octanol–water partition coefficient (Wildman–Crippen LogP) is 0.394. The van der Waals surface area contributed by atoms with E-state index in [4.69, 9.17) is 15.9 Å². The van der Waals surface area contributed by atoms with Crippen molar-refractivity contribution in [3.63, 3.8) is 0 Å². The number of rotatable bonds is 5. The topological polar surface area (TPSA) is 93.2 Å². The van der Waals surface area contributed by atoms with E-state index in [-0.39, 0.29) is 18.2 Å². The van der Waals surface area contributed by atoms with Crippen molar-refractivity contribution in [1.29, 1.82) is 5.41 Å². The number of hydrogen-bond acceptors (Lipinski definition) is 4. The molecule has 0 spiro atoms. The number of amidine groups is 1. The van der Waals surface area contributed by atoms with E-state index in [0.717, 1.165) is 6.26 Å². The van der Waals surface area contributed by atoms with Gasteiger partial charge in [0.25, 0.3) is 0 Å². The molecule has 5 nitrogen and oxygen atoms in total. The standard InChI is InChI=1S/C10H14N2O3S/c1-16(13,14)7-6-15-9-5-3-2-4-8(9)10(11)12/h2-5H,6-7H2,1H3,(H3,11,12). The third-order valence-electron chi connectivity index (χ3n) is 1.89. The number of nitrogens with two attached hydrogens (primary N) is 1. The summed E-state index contributed by atoms with van der Waals surface area (Å²) in [5.74, 6) is 0.271. The highest BCUT2D eigenvalue weighted by atomic mass is 32.2. The average molecular weight is 242 g/mol. The van der Waals surface area contributed by atoms with Gasteiger partial charge >= 0.3 is 0 Å². The summed E-state index contributed by atoms with van der Waals surface area (Å²) in [5, 5.41) is 7.31. The van der Waals surface area contributed by atoms with E-state index in [1.165, 1.54) is 0 Å². The number of nitrogens with one attached hydrogen (secondary N) is 1. The SMILES string of the molecule is CS(=O)(=O)CCOc1ccccc1C(=N)N. The van der Waals surface area contributed by atoms with Crippen LogP contribution in [0, 0.1) is 5.41 Å². The zero-order valence-electron chi connectivity index (χ0n) is 8.93. The molecule has 0 heterocycles. The summed E-state index contributed by atoms with van der Waals surface area (Å²) in [6.45, 7) is 0.0587. The van der Waals surface area contributed by atoms with Crippen LogP contribution in [-0.2, 0) is 9.84 Å². The molecule has 0 amide bonds. The Balaban J connectivity index is 2.71. The summed E-state index contributed by atoms with van der Waals surface area (Å²) < 4.78 is 27.1. The molecular formula is C10H14N2O3S. The lowest BCUT2D eigenvalue weighted by Crippen LogP contribution is -2.16. The van der Waals surface area contributed by atoms with E-state index in [1.54, 1.807) is 24.3 Å². The first kappa shape index (κ1) is 12.5. The van der Waals surface area contributed by atoms with Crippen molar-refractivity contribution in [3.05, 3.63) is 29.8 Å². The molecular weight excluding hydrogens is 228 g/mol. The lowest BCUT2D eigenvalue weighted by Gasteiger charge is -2.09. The number of para-hydroxylation sites is 1. The van der Waals surface area contributed by atoms with Gasteiger partial charge in [0.1, 0.15) is 18.2 Å². The van der Waals surface area contributed by atoms with Gasteiger partial charge in [-0.3, -0.25) is 5.41 Å². The van der Waals surface area contributed by atoms with Gasteiger partial charge < -0.3 is 10.5 Å². The molecule has 1 aromatic carbocycles. The van der Waals surface area contributed by atoms with Crippen LogP contribution < -0.4 is 10.5 Å². The molecule has 0 saturated heterocycles. The Morgan fingerprint density at radius 1 is 1.44 bits per heavy atom. The Labute approximate surface area is 94.7 Å². The van der Waals surface area contributed by atoms with Crippen molar-refractivity contribution in [2.45, 2.75) is 0 Å². The normalized spacial score (nSPS) is 11.1. The van der Waals surface area contributed by atoms with Crippen LogP contribution in [0.4, 0.5) is 0 Å². The molecule has 0 aromatic heterocycles. The minimum atomic E-state index is -3.04. The molecule has 6 heteroatoms. The monoisotopic (exact) mass is 242 g/mol. The molecule has 0 saturated carbocycles. The molecule has 0 radical (unpaired) electrons. The largest absolute Gasteiger partial charge is 0.492 e. The van der Waals surface area contributed by atoms with E-state index >= 15 is 0 Å². The fourth-order valence-electron chi connectivity index (χ4n) is 1.12. The van der Waals surface area contributed by atoms with Crippen molar-refractivity contribution in [1.82, 2.24) is 0 Å². The summed E-state index contributed by atoms with van der Waals surface area (Å²) in [6.07, 6.45) is 1.15. The second-order valence-electron chi connectivity index (χ2n) is 3.39. The maximum Gasteiger partial charge on any atom is 0.150 e. The Morgan fingerprint density at radius 2 is 2.06 bits per heavy atom. The Kier molecular flexibility index (Phi) is 3.89. The van der Waals surface area contributed by atoms with Gasteiger partial charge in [-0.1, -0.05) is 12.1 Å². The van der Waals surface area contributed by atoms with Gasteiger partial charge in [0.15, 0.2) is 9.84 Å². The molecule has 88 valence electrons. The van der Waals surface area contributed by atoms with Crippen LogP contribution in [0.15, 0.2) is 24.3 Å². The highest BCUT2D eigenvalue weighted by Gasteiger charge is 2.07. The molecule has 0 aliphatic carbocycles. The van der Waals surface area contributed by atoms with Gasteiger partial charge in [-0.2, -0.15) is 0 Å². The molecule has 1 aromatic rings. The lowest BCUT2D eigenvalue weighted by molar-refractivity contribution is 0.340. The van der Waals surface area contributed by atoms with Crippen LogP contribution >= 0.6 is 0 Å². The van der Waals surface area contributed by atoms with Crippen molar-refractivity contribution >= 4 is 15.7 Å². The minimum absolute atomic E-state index is 0.0563. The minimum Gasteiger partial charge on any atom is -0.492 e. The second kappa shape index (κ2) is 4.98. The number of hydrogen-bond donors (Lipinski definition) is 2. The number of benzene rings is 1. The van der Waals surface area contributed by atoms with Gasteiger partial charge in [-0.15, -0.1) is 0 Å². The first-order valence-corrected chi connectivity index (χ1v) is 6.70. The predicted molar refractivity (Wildman–Crippen MR) is 62.7 cm³/mol. The molecule has 0 unspecified atom stereocenters. The van der Waals surface area contributed by atoms with Crippen molar-refractivity contribution < 1.29 is 13.2 Å². The molecule has 3 N–H and O–H groups in total. The van der Waals surface area contributed by atoms with Crippen LogP contribution in [0.5, 0.6) is 5.75 Å². The maximum atomic E-state index is 10.9. The summed E-state index contributed by atoms with van der Waals surface area (Å²) in [4.78, 5) is 0.